The van der Waals surface area contributed by atoms with Gasteiger partial charge in [0.25, 0.3) is 5.91 Å². The molecule has 1 saturated carbocycles. The van der Waals surface area contributed by atoms with Crippen LogP contribution in [0, 0.1) is 5.41 Å². The van der Waals surface area contributed by atoms with Crippen molar-refractivity contribution in [2.45, 2.75) is 25.8 Å². The molecule has 1 aromatic heterocycles. The van der Waals surface area contributed by atoms with E-state index in [2.05, 4.69) is 4.90 Å². The van der Waals surface area contributed by atoms with Gasteiger partial charge in [-0.1, -0.05) is 6.42 Å². The first-order chi connectivity index (χ1) is 9.46. The van der Waals surface area contributed by atoms with E-state index in [4.69, 9.17) is 4.42 Å². The van der Waals surface area contributed by atoms with Gasteiger partial charge in [-0.3, -0.25) is 9.69 Å². The highest BCUT2D eigenvalue weighted by molar-refractivity contribution is 5.91. The van der Waals surface area contributed by atoms with Crippen molar-refractivity contribution in [1.82, 2.24) is 9.80 Å². The van der Waals surface area contributed by atoms with Crippen LogP contribution in [0.3, 0.4) is 0 Å². The second kappa shape index (κ2) is 5.97. The van der Waals surface area contributed by atoms with Crippen molar-refractivity contribution in [2.75, 3.05) is 34.3 Å². The highest BCUT2D eigenvalue weighted by Crippen LogP contribution is 2.41. The van der Waals surface area contributed by atoms with Crippen LogP contribution in [-0.4, -0.2) is 55.1 Å². The largest absolute Gasteiger partial charge is 0.455 e. The second-order valence-corrected chi connectivity index (χ2v) is 6.15. The molecule has 1 N–H and O–H groups in total. The summed E-state index contributed by atoms with van der Waals surface area (Å²) in [6.07, 6.45) is 3.39. The van der Waals surface area contributed by atoms with E-state index >= 15 is 0 Å². The molecule has 112 valence electrons. The smallest absolute Gasteiger partial charge is 0.289 e. The third-order valence-electron chi connectivity index (χ3n) is 4.06. The van der Waals surface area contributed by atoms with Crippen LogP contribution in [0.25, 0.3) is 0 Å². The lowest BCUT2D eigenvalue weighted by Gasteiger charge is -2.42. The molecule has 1 aliphatic carbocycles. The van der Waals surface area contributed by atoms with Crippen molar-refractivity contribution in [3.8, 4) is 0 Å². The lowest BCUT2D eigenvalue weighted by molar-refractivity contribution is 0.0113. The molecule has 0 aliphatic heterocycles. The zero-order valence-corrected chi connectivity index (χ0v) is 12.6. The Hall–Kier alpha value is -1.33. The maximum Gasteiger partial charge on any atom is 0.289 e. The molecule has 0 aromatic carbocycles. The quantitative estimate of drug-likeness (QED) is 0.859. The summed E-state index contributed by atoms with van der Waals surface area (Å²) in [5.74, 6) is 1.04. The zero-order valence-electron chi connectivity index (χ0n) is 12.6. The van der Waals surface area contributed by atoms with Gasteiger partial charge in [-0.2, -0.15) is 0 Å². The number of nitrogens with zero attached hydrogens (tertiary/aromatic N) is 2. The lowest BCUT2D eigenvalue weighted by Crippen LogP contribution is -2.43. The average molecular weight is 280 g/mol. The Bertz CT molecular complexity index is 458. The summed E-state index contributed by atoms with van der Waals surface area (Å²) in [6, 6.07) is 3.57. The number of hydrogen-bond donors (Lipinski definition) is 1. The van der Waals surface area contributed by atoms with Gasteiger partial charge in [0, 0.05) is 32.7 Å². The topological polar surface area (TPSA) is 56.9 Å². The van der Waals surface area contributed by atoms with E-state index in [9.17, 15) is 9.90 Å². The van der Waals surface area contributed by atoms with E-state index in [1.54, 1.807) is 20.2 Å². The molecule has 1 fully saturated rings. The molecule has 0 radical (unpaired) electrons. The first kappa shape index (κ1) is 15.1. The van der Waals surface area contributed by atoms with Crippen molar-refractivity contribution < 1.29 is 14.3 Å². The Kier molecular flexibility index (Phi) is 4.50. The van der Waals surface area contributed by atoms with Gasteiger partial charge < -0.3 is 14.4 Å². The Morgan fingerprint density at radius 2 is 2.05 bits per heavy atom. The number of carbonyl (C=O) groups is 1. The molecule has 1 heterocycles. The second-order valence-electron chi connectivity index (χ2n) is 6.15. The van der Waals surface area contributed by atoms with E-state index in [0.29, 0.717) is 12.3 Å². The van der Waals surface area contributed by atoms with Crippen LogP contribution < -0.4 is 0 Å². The van der Waals surface area contributed by atoms with Crippen molar-refractivity contribution in [3.63, 3.8) is 0 Å². The third-order valence-corrected chi connectivity index (χ3v) is 4.06. The highest BCUT2D eigenvalue weighted by atomic mass is 16.4. The standard InChI is InChI=1S/C15H24N2O3/c1-16(2)14(19)13-6-5-12(20-13)9-17(3)10-15(11-18)7-4-8-15/h5-6,18H,4,7-11H2,1-3H3. The summed E-state index contributed by atoms with van der Waals surface area (Å²) >= 11 is 0. The lowest BCUT2D eigenvalue weighted by atomic mass is 9.69. The zero-order chi connectivity index (χ0) is 14.8. The van der Waals surface area contributed by atoms with Gasteiger partial charge >= 0.3 is 0 Å². The summed E-state index contributed by atoms with van der Waals surface area (Å²) in [5, 5.41) is 9.49. The predicted molar refractivity (Wildman–Crippen MR) is 76.4 cm³/mol. The fourth-order valence-corrected chi connectivity index (χ4v) is 2.74. The monoisotopic (exact) mass is 280 g/mol. The minimum Gasteiger partial charge on any atom is -0.455 e. The summed E-state index contributed by atoms with van der Waals surface area (Å²) in [6.45, 7) is 1.77. The molecule has 5 heteroatoms. The van der Waals surface area contributed by atoms with Crippen LogP contribution in [0.4, 0.5) is 0 Å². The highest BCUT2D eigenvalue weighted by Gasteiger charge is 2.37. The van der Waals surface area contributed by atoms with Crippen LogP contribution in [0.2, 0.25) is 0 Å². The molecular weight excluding hydrogens is 256 g/mol. The molecule has 0 spiro atoms. The Balaban J connectivity index is 1.91. The van der Waals surface area contributed by atoms with Gasteiger partial charge in [-0.25, -0.2) is 0 Å². The van der Waals surface area contributed by atoms with E-state index in [0.717, 1.165) is 25.1 Å². The molecule has 1 amide bonds. The fourth-order valence-electron chi connectivity index (χ4n) is 2.74. The van der Waals surface area contributed by atoms with Crippen LogP contribution in [0.1, 0.15) is 35.6 Å². The van der Waals surface area contributed by atoms with Crippen molar-refractivity contribution in [1.29, 1.82) is 0 Å². The normalized spacial score (nSPS) is 17.1. The van der Waals surface area contributed by atoms with Crippen LogP contribution >= 0.6 is 0 Å². The Morgan fingerprint density at radius 3 is 2.55 bits per heavy atom. The maximum absolute atomic E-state index is 11.8. The van der Waals surface area contributed by atoms with Gasteiger partial charge in [0.1, 0.15) is 5.76 Å². The number of aliphatic hydroxyl groups excluding tert-OH is 1. The van der Waals surface area contributed by atoms with Gasteiger partial charge in [0.2, 0.25) is 0 Å². The number of carbonyl (C=O) groups excluding carboxylic acids is 1. The fraction of sp³-hybridized carbons (Fsp3) is 0.667. The molecule has 0 unspecified atom stereocenters. The van der Waals surface area contributed by atoms with E-state index in [1.807, 2.05) is 13.1 Å². The summed E-state index contributed by atoms with van der Waals surface area (Å²) in [4.78, 5) is 15.4. The van der Waals surface area contributed by atoms with Gasteiger partial charge in [-0.05, 0) is 32.0 Å². The average Bonchev–Trinajstić information content (AvgIpc) is 2.81. The minimum atomic E-state index is -0.121. The summed E-state index contributed by atoms with van der Waals surface area (Å²) in [7, 11) is 5.43. The molecule has 0 bridgehead atoms. The molecule has 1 aromatic rings. The minimum absolute atomic E-state index is 0.0730. The molecule has 20 heavy (non-hydrogen) atoms. The Morgan fingerprint density at radius 1 is 1.35 bits per heavy atom. The van der Waals surface area contributed by atoms with E-state index < -0.39 is 0 Å². The SMILES string of the molecule is CN(Cc1ccc(C(=O)N(C)C)o1)CC1(CO)CCC1. The molecule has 0 saturated heterocycles. The number of amides is 1. The van der Waals surface area contributed by atoms with Crippen molar-refractivity contribution in [2.24, 2.45) is 5.41 Å². The van der Waals surface area contributed by atoms with Crippen molar-refractivity contribution in [3.05, 3.63) is 23.7 Å². The first-order valence-corrected chi connectivity index (χ1v) is 7.05. The van der Waals surface area contributed by atoms with Gasteiger partial charge in [0.05, 0.1) is 6.54 Å². The summed E-state index contributed by atoms with van der Waals surface area (Å²) in [5.41, 5.74) is 0.0730. The number of furan rings is 1. The van der Waals surface area contributed by atoms with E-state index in [-0.39, 0.29) is 17.9 Å². The van der Waals surface area contributed by atoms with Crippen LogP contribution in [-0.2, 0) is 6.54 Å². The summed E-state index contributed by atoms with van der Waals surface area (Å²) < 4.78 is 5.58. The maximum atomic E-state index is 11.8. The molecular formula is C15H24N2O3. The number of hydrogen-bond acceptors (Lipinski definition) is 4. The Labute approximate surface area is 120 Å². The van der Waals surface area contributed by atoms with Crippen molar-refractivity contribution >= 4 is 5.91 Å². The van der Waals surface area contributed by atoms with Gasteiger partial charge in [0.15, 0.2) is 5.76 Å². The molecule has 1 aliphatic rings. The van der Waals surface area contributed by atoms with Crippen LogP contribution in [0.15, 0.2) is 16.5 Å². The molecule has 5 nitrogen and oxygen atoms in total. The first-order valence-electron chi connectivity index (χ1n) is 7.05. The van der Waals surface area contributed by atoms with Crippen LogP contribution in [0.5, 0.6) is 0 Å². The molecule has 0 atom stereocenters. The predicted octanol–water partition coefficient (Wildman–Crippen LogP) is 1.58. The number of rotatable bonds is 6. The third kappa shape index (κ3) is 3.22. The molecule has 2 rings (SSSR count). The van der Waals surface area contributed by atoms with E-state index in [1.165, 1.54) is 11.3 Å². The van der Waals surface area contributed by atoms with Gasteiger partial charge in [-0.15, -0.1) is 0 Å². The number of aliphatic hydroxyl groups is 1.